The topological polar surface area (TPSA) is 53.2 Å². The van der Waals surface area contributed by atoms with Crippen LogP contribution < -0.4 is 16.0 Å². The first-order chi connectivity index (χ1) is 12.8. The largest absolute Gasteiger partial charge is 0.355 e. The number of nitrogens with one attached hydrogen (secondary N) is 3. The molecule has 0 saturated heterocycles. The molecule has 0 spiro atoms. The Kier molecular flexibility index (Phi) is 20.2. The van der Waals surface area contributed by atoms with E-state index in [-0.39, 0.29) is 11.9 Å². The van der Waals surface area contributed by atoms with Crippen molar-refractivity contribution < 1.29 is 4.79 Å². The lowest BCUT2D eigenvalue weighted by atomic mass is 10.1. The van der Waals surface area contributed by atoms with Crippen molar-refractivity contribution >= 4 is 5.91 Å². The van der Waals surface area contributed by atoms with Gasteiger partial charge in [0.2, 0.25) is 5.91 Å². The summed E-state index contributed by atoms with van der Waals surface area (Å²) in [5, 5.41) is 9.38. The minimum atomic E-state index is -0.0378. The molecule has 0 unspecified atom stereocenters. The maximum Gasteiger partial charge on any atom is 0.237 e. The molecule has 0 radical (unpaired) electrons. The lowest BCUT2D eigenvalue weighted by molar-refractivity contribution is -0.123. The molecule has 0 fully saturated rings. The second-order valence-corrected chi connectivity index (χ2v) is 7.62. The highest BCUT2D eigenvalue weighted by molar-refractivity contribution is 5.81. The van der Waals surface area contributed by atoms with Crippen molar-refractivity contribution in [3.05, 3.63) is 0 Å². The van der Waals surface area contributed by atoms with Gasteiger partial charge in [-0.1, -0.05) is 84.0 Å². The van der Waals surface area contributed by atoms with Crippen LogP contribution in [0.25, 0.3) is 0 Å². The van der Waals surface area contributed by atoms with Crippen LogP contribution in [0.4, 0.5) is 0 Å². The first kappa shape index (κ1) is 25.4. The Labute approximate surface area is 163 Å². The van der Waals surface area contributed by atoms with E-state index >= 15 is 0 Å². The molecule has 0 aromatic heterocycles. The van der Waals surface area contributed by atoms with E-state index in [4.69, 9.17) is 0 Å². The zero-order valence-corrected chi connectivity index (χ0v) is 18.0. The highest BCUT2D eigenvalue weighted by Crippen LogP contribution is 2.11. The Morgan fingerprint density at radius 2 is 1.19 bits per heavy atom. The molecule has 4 nitrogen and oxygen atoms in total. The first-order valence-electron chi connectivity index (χ1n) is 11.4. The van der Waals surface area contributed by atoms with Crippen LogP contribution in [0.1, 0.15) is 103 Å². The van der Waals surface area contributed by atoms with Gasteiger partial charge in [0, 0.05) is 6.54 Å². The predicted molar refractivity (Wildman–Crippen MR) is 115 cm³/mol. The molecule has 1 atom stereocenters. The van der Waals surface area contributed by atoms with Crippen LogP contribution in [0, 0.1) is 0 Å². The monoisotopic (exact) mass is 369 g/mol. The van der Waals surface area contributed by atoms with Gasteiger partial charge in [0.1, 0.15) is 0 Å². The minimum Gasteiger partial charge on any atom is -0.355 e. The van der Waals surface area contributed by atoms with Gasteiger partial charge in [0.15, 0.2) is 0 Å². The van der Waals surface area contributed by atoms with E-state index in [0.717, 1.165) is 38.8 Å². The number of hydrogen-bond donors (Lipinski definition) is 3. The Balaban J connectivity index is 3.38. The van der Waals surface area contributed by atoms with Crippen molar-refractivity contribution in [1.82, 2.24) is 16.0 Å². The number of likely N-dealkylation sites (N-methyl/N-ethyl adjacent to an activating group) is 1. The quantitative estimate of drug-likeness (QED) is 0.271. The maximum absolute atomic E-state index is 12.2. The molecule has 0 aliphatic carbocycles. The van der Waals surface area contributed by atoms with Crippen molar-refractivity contribution in [3.63, 3.8) is 0 Å². The number of carbonyl (C=O) groups is 1. The smallest absolute Gasteiger partial charge is 0.237 e. The summed E-state index contributed by atoms with van der Waals surface area (Å²) in [6.07, 6.45) is 19.4. The third kappa shape index (κ3) is 16.8. The summed E-state index contributed by atoms with van der Waals surface area (Å²) in [6.45, 7) is 4.12. The summed E-state index contributed by atoms with van der Waals surface area (Å²) in [5.74, 6) is 0.167. The van der Waals surface area contributed by atoms with Crippen LogP contribution in [0.2, 0.25) is 0 Å². The van der Waals surface area contributed by atoms with E-state index in [0.29, 0.717) is 0 Å². The van der Waals surface area contributed by atoms with Crippen molar-refractivity contribution in [2.45, 2.75) is 109 Å². The average molecular weight is 370 g/mol. The van der Waals surface area contributed by atoms with Crippen LogP contribution >= 0.6 is 0 Å². The van der Waals surface area contributed by atoms with Gasteiger partial charge in [0.05, 0.1) is 6.04 Å². The molecule has 0 heterocycles. The highest BCUT2D eigenvalue weighted by Gasteiger charge is 2.14. The average Bonchev–Trinajstić information content (AvgIpc) is 2.65. The standard InChI is InChI=1S/C22H47N3O/c1-4-5-6-7-8-9-10-11-12-13-14-16-20-25-22(26)21(24-3)18-15-17-19-23-2/h21,23-24H,4-20H2,1-3H3,(H,25,26)/t21-/m0/s1. The van der Waals surface area contributed by atoms with Gasteiger partial charge in [-0.25, -0.2) is 0 Å². The molecule has 4 heteroatoms. The number of rotatable bonds is 20. The van der Waals surface area contributed by atoms with E-state index in [2.05, 4.69) is 22.9 Å². The van der Waals surface area contributed by atoms with Crippen LogP contribution in [0.3, 0.4) is 0 Å². The highest BCUT2D eigenvalue weighted by atomic mass is 16.2. The predicted octanol–water partition coefficient (Wildman–Crippen LogP) is 4.78. The van der Waals surface area contributed by atoms with Gasteiger partial charge in [-0.15, -0.1) is 0 Å². The first-order valence-corrected chi connectivity index (χ1v) is 11.4. The van der Waals surface area contributed by atoms with E-state index in [1.807, 2.05) is 14.1 Å². The van der Waals surface area contributed by atoms with Gasteiger partial charge >= 0.3 is 0 Å². The molecule has 0 rings (SSSR count). The summed E-state index contributed by atoms with van der Waals surface area (Å²) in [4.78, 5) is 12.2. The van der Waals surface area contributed by atoms with Crippen molar-refractivity contribution in [3.8, 4) is 0 Å². The van der Waals surface area contributed by atoms with Gasteiger partial charge < -0.3 is 16.0 Å². The molecule has 1 amide bonds. The van der Waals surface area contributed by atoms with Crippen molar-refractivity contribution in [2.24, 2.45) is 0 Å². The second kappa shape index (κ2) is 20.7. The van der Waals surface area contributed by atoms with Crippen LogP contribution in [0.5, 0.6) is 0 Å². The summed E-state index contributed by atoms with van der Waals surface area (Å²) < 4.78 is 0. The Bertz CT molecular complexity index is 297. The summed E-state index contributed by atoms with van der Waals surface area (Å²) >= 11 is 0. The maximum atomic E-state index is 12.2. The molecule has 26 heavy (non-hydrogen) atoms. The fourth-order valence-corrected chi connectivity index (χ4v) is 3.36. The van der Waals surface area contributed by atoms with Gasteiger partial charge in [-0.05, 0) is 39.9 Å². The number of unbranched alkanes of at least 4 members (excludes halogenated alkanes) is 12. The fourth-order valence-electron chi connectivity index (χ4n) is 3.36. The van der Waals surface area contributed by atoms with Crippen LogP contribution in [-0.4, -0.2) is 39.1 Å². The third-order valence-corrected chi connectivity index (χ3v) is 5.16. The molecule has 156 valence electrons. The molecule has 0 aliphatic heterocycles. The third-order valence-electron chi connectivity index (χ3n) is 5.16. The molecule has 0 bridgehead atoms. The fraction of sp³-hybridized carbons (Fsp3) is 0.955. The van der Waals surface area contributed by atoms with E-state index in [1.54, 1.807) is 0 Å². The van der Waals surface area contributed by atoms with Gasteiger partial charge in [-0.3, -0.25) is 4.79 Å². The molecular formula is C22H47N3O. The zero-order valence-electron chi connectivity index (χ0n) is 18.0. The van der Waals surface area contributed by atoms with Crippen molar-refractivity contribution in [1.29, 1.82) is 0 Å². The molecule has 0 saturated carbocycles. The second-order valence-electron chi connectivity index (χ2n) is 7.62. The molecule has 0 aliphatic rings. The number of hydrogen-bond acceptors (Lipinski definition) is 3. The lowest BCUT2D eigenvalue weighted by Gasteiger charge is -2.16. The Hall–Kier alpha value is -0.610. The number of amides is 1. The van der Waals surface area contributed by atoms with E-state index in [9.17, 15) is 4.79 Å². The minimum absolute atomic E-state index is 0.0378. The van der Waals surface area contributed by atoms with Crippen molar-refractivity contribution in [2.75, 3.05) is 27.2 Å². The number of carbonyl (C=O) groups excluding carboxylic acids is 1. The molecule has 0 aromatic carbocycles. The van der Waals surface area contributed by atoms with Crippen LogP contribution in [0.15, 0.2) is 0 Å². The zero-order chi connectivity index (χ0) is 19.3. The Morgan fingerprint density at radius 1 is 0.692 bits per heavy atom. The molecular weight excluding hydrogens is 322 g/mol. The van der Waals surface area contributed by atoms with Gasteiger partial charge in [-0.2, -0.15) is 0 Å². The Morgan fingerprint density at radius 3 is 1.69 bits per heavy atom. The van der Waals surface area contributed by atoms with Crippen LogP contribution in [-0.2, 0) is 4.79 Å². The normalized spacial score (nSPS) is 12.3. The lowest BCUT2D eigenvalue weighted by Crippen LogP contribution is -2.42. The van der Waals surface area contributed by atoms with Gasteiger partial charge in [0.25, 0.3) is 0 Å². The SMILES string of the molecule is CCCCCCCCCCCCCCNC(=O)[C@H](CCCCNC)NC. The summed E-state index contributed by atoms with van der Waals surface area (Å²) in [6, 6.07) is -0.0378. The molecule has 3 N–H and O–H groups in total. The summed E-state index contributed by atoms with van der Waals surface area (Å²) in [5.41, 5.74) is 0. The molecule has 0 aromatic rings. The van der Waals surface area contributed by atoms with E-state index in [1.165, 1.54) is 70.6 Å². The summed E-state index contributed by atoms with van der Waals surface area (Å²) in [7, 11) is 3.85. The van der Waals surface area contributed by atoms with E-state index < -0.39 is 0 Å².